The number of benzene rings is 1. The van der Waals surface area contributed by atoms with Crippen molar-refractivity contribution < 1.29 is 19.1 Å². The monoisotopic (exact) mass is 374 g/mol. The zero-order chi connectivity index (χ0) is 20.7. The van der Waals surface area contributed by atoms with E-state index in [2.05, 4.69) is 10.4 Å². The number of carbonyl (C=O) groups excluding carboxylic acids is 2. The highest BCUT2D eigenvalue weighted by molar-refractivity contribution is 5.80. The van der Waals surface area contributed by atoms with Gasteiger partial charge in [0.05, 0.1) is 0 Å². The van der Waals surface area contributed by atoms with Crippen LogP contribution < -0.4 is 5.43 Å². The number of amides is 2. The van der Waals surface area contributed by atoms with Gasteiger partial charge in [0.25, 0.3) is 0 Å². The number of rotatable bonds is 3. The van der Waals surface area contributed by atoms with Gasteiger partial charge in [-0.15, -0.1) is 0 Å². The van der Waals surface area contributed by atoms with E-state index >= 15 is 0 Å². The predicted octanol–water partition coefficient (Wildman–Crippen LogP) is 3.63. The number of carbonyl (C=O) groups is 2. The van der Waals surface area contributed by atoms with E-state index in [0.717, 1.165) is 5.56 Å². The molecule has 1 aromatic rings. The molecule has 0 saturated heterocycles. The van der Waals surface area contributed by atoms with Crippen molar-refractivity contribution in [3.05, 3.63) is 35.9 Å². The van der Waals surface area contributed by atoms with Gasteiger partial charge in [0.1, 0.15) is 17.3 Å². The Morgan fingerprint density at radius 1 is 1.11 bits per heavy atom. The second-order valence-corrected chi connectivity index (χ2v) is 7.66. The first-order valence-corrected chi connectivity index (χ1v) is 8.41. The molecule has 1 rings (SSSR count). The van der Waals surface area contributed by atoms with Crippen LogP contribution in [0.2, 0.25) is 0 Å². The van der Waals surface area contributed by atoms with E-state index in [1.165, 1.54) is 6.21 Å². The van der Waals surface area contributed by atoms with Gasteiger partial charge in [-0.3, -0.25) is 4.99 Å². The summed E-state index contributed by atoms with van der Waals surface area (Å²) >= 11 is 0. The fourth-order valence-corrected chi connectivity index (χ4v) is 1.77. The SMILES string of the molecule is CC(C)(C)OC(=O)NN(C(=O)OC(C)(C)C)C(C#N)/N=C/c1ccccc1. The Morgan fingerprint density at radius 3 is 2.15 bits per heavy atom. The van der Waals surface area contributed by atoms with E-state index in [9.17, 15) is 14.9 Å². The van der Waals surface area contributed by atoms with Crippen LogP contribution >= 0.6 is 0 Å². The Balaban J connectivity index is 3.05. The summed E-state index contributed by atoms with van der Waals surface area (Å²) in [5, 5.41) is 10.2. The van der Waals surface area contributed by atoms with Gasteiger partial charge in [0, 0.05) is 6.21 Å². The van der Waals surface area contributed by atoms with Crippen molar-refractivity contribution in [3.63, 3.8) is 0 Å². The highest BCUT2D eigenvalue weighted by Gasteiger charge is 2.31. The number of aliphatic imine (C=N–C) groups is 1. The first-order valence-electron chi connectivity index (χ1n) is 8.41. The molecular formula is C19H26N4O4. The van der Waals surface area contributed by atoms with Crippen molar-refractivity contribution in [1.82, 2.24) is 10.4 Å². The van der Waals surface area contributed by atoms with Crippen LogP contribution in [0.3, 0.4) is 0 Å². The molecule has 0 spiro atoms. The summed E-state index contributed by atoms with van der Waals surface area (Å²) in [7, 11) is 0. The number of nitrogens with zero attached hydrogens (tertiary/aromatic N) is 3. The van der Waals surface area contributed by atoms with Crippen molar-refractivity contribution >= 4 is 18.4 Å². The fourth-order valence-electron chi connectivity index (χ4n) is 1.77. The van der Waals surface area contributed by atoms with Crippen molar-refractivity contribution in [1.29, 1.82) is 5.26 Å². The van der Waals surface area contributed by atoms with E-state index in [0.29, 0.717) is 5.01 Å². The van der Waals surface area contributed by atoms with Gasteiger partial charge in [-0.05, 0) is 47.1 Å². The van der Waals surface area contributed by atoms with Crippen LogP contribution in [0.1, 0.15) is 47.1 Å². The third-order valence-corrected chi connectivity index (χ3v) is 2.73. The topological polar surface area (TPSA) is 104 Å². The maximum Gasteiger partial charge on any atom is 0.432 e. The van der Waals surface area contributed by atoms with Crippen LogP contribution in [-0.2, 0) is 9.47 Å². The zero-order valence-corrected chi connectivity index (χ0v) is 16.5. The molecule has 8 nitrogen and oxygen atoms in total. The lowest BCUT2D eigenvalue weighted by atomic mass is 10.2. The molecule has 0 aliphatic heterocycles. The highest BCUT2D eigenvalue weighted by Crippen LogP contribution is 2.13. The molecule has 0 heterocycles. The van der Waals surface area contributed by atoms with Crippen molar-refractivity contribution in [3.8, 4) is 6.07 Å². The van der Waals surface area contributed by atoms with Crippen molar-refractivity contribution in [2.75, 3.05) is 0 Å². The molecule has 0 aromatic heterocycles. The zero-order valence-electron chi connectivity index (χ0n) is 16.5. The van der Waals surface area contributed by atoms with Gasteiger partial charge >= 0.3 is 12.2 Å². The highest BCUT2D eigenvalue weighted by atomic mass is 16.6. The van der Waals surface area contributed by atoms with Gasteiger partial charge in [-0.25, -0.2) is 15.0 Å². The van der Waals surface area contributed by atoms with E-state index < -0.39 is 29.6 Å². The molecule has 8 heteroatoms. The summed E-state index contributed by atoms with van der Waals surface area (Å²) in [6, 6.07) is 10.9. The van der Waals surface area contributed by atoms with Crippen LogP contribution in [0.5, 0.6) is 0 Å². The molecule has 27 heavy (non-hydrogen) atoms. The number of hydrogen-bond acceptors (Lipinski definition) is 6. The first-order chi connectivity index (χ1) is 12.4. The molecule has 1 unspecified atom stereocenters. The third-order valence-electron chi connectivity index (χ3n) is 2.73. The van der Waals surface area contributed by atoms with Crippen LogP contribution in [0.25, 0.3) is 0 Å². The lowest BCUT2D eigenvalue weighted by Gasteiger charge is -2.29. The van der Waals surface area contributed by atoms with Gasteiger partial charge in [-0.1, -0.05) is 30.3 Å². The summed E-state index contributed by atoms with van der Waals surface area (Å²) < 4.78 is 10.4. The van der Waals surface area contributed by atoms with Gasteiger partial charge in [0.15, 0.2) is 0 Å². The van der Waals surface area contributed by atoms with Gasteiger partial charge < -0.3 is 9.47 Å². The normalized spacial score (nSPS) is 12.8. The molecule has 1 atom stereocenters. The van der Waals surface area contributed by atoms with E-state index in [1.54, 1.807) is 53.7 Å². The quantitative estimate of drug-likeness (QED) is 0.642. The van der Waals surface area contributed by atoms with E-state index in [4.69, 9.17) is 9.47 Å². The second-order valence-electron chi connectivity index (χ2n) is 7.66. The molecule has 0 aliphatic rings. The number of hydrazine groups is 1. The fraction of sp³-hybridized carbons (Fsp3) is 0.474. The molecule has 0 fully saturated rings. The van der Waals surface area contributed by atoms with Gasteiger partial charge in [-0.2, -0.15) is 10.3 Å². The Bertz CT molecular complexity index is 712. The van der Waals surface area contributed by atoms with Crippen LogP contribution in [0.15, 0.2) is 35.3 Å². The average molecular weight is 374 g/mol. The van der Waals surface area contributed by atoms with Crippen molar-refractivity contribution in [2.24, 2.45) is 4.99 Å². The largest absolute Gasteiger partial charge is 0.443 e. The molecule has 0 saturated carbocycles. The van der Waals surface area contributed by atoms with E-state index in [-0.39, 0.29) is 0 Å². The summed E-state index contributed by atoms with van der Waals surface area (Å²) in [5.74, 6) is 0. The molecule has 1 N–H and O–H groups in total. The summed E-state index contributed by atoms with van der Waals surface area (Å²) in [6.07, 6.45) is -1.73. The van der Waals surface area contributed by atoms with Crippen molar-refractivity contribution in [2.45, 2.75) is 58.9 Å². The average Bonchev–Trinajstić information content (AvgIpc) is 2.52. The number of nitrogens with one attached hydrogen (secondary N) is 1. The minimum absolute atomic E-state index is 0.707. The molecule has 2 amide bonds. The standard InChI is InChI=1S/C19H26N4O4/c1-18(2,3)26-16(24)22-23(17(25)27-19(4,5)6)15(12-20)21-13-14-10-8-7-9-11-14/h7-11,13,15H,1-6H3,(H,22,24)/b21-13+. The Hall–Kier alpha value is -3.08. The number of ether oxygens (including phenoxy) is 2. The van der Waals surface area contributed by atoms with E-state index in [1.807, 2.05) is 24.3 Å². The molecule has 146 valence electrons. The maximum atomic E-state index is 12.5. The smallest absolute Gasteiger partial charge is 0.432 e. The van der Waals surface area contributed by atoms with Crippen LogP contribution in [-0.4, -0.2) is 40.8 Å². The molecule has 0 radical (unpaired) electrons. The molecular weight excluding hydrogens is 348 g/mol. The van der Waals surface area contributed by atoms with Gasteiger partial charge in [0.2, 0.25) is 6.17 Å². The lowest BCUT2D eigenvalue weighted by Crippen LogP contribution is -2.53. The molecule has 1 aromatic carbocycles. The summed E-state index contributed by atoms with van der Waals surface area (Å²) in [5.41, 5.74) is 1.38. The predicted molar refractivity (Wildman–Crippen MR) is 101 cm³/mol. The number of nitriles is 1. The summed E-state index contributed by atoms with van der Waals surface area (Å²) in [4.78, 5) is 28.7. The molecule has 0 aliphatic carbocycles. The van der Waals surface area contributed by atoms with Crippen LogP contribution in [0.4, 0.5) is 9.59 Å². The minimum Gasteiger partial charge on any atom is -0.443 e. The summed E-state index contributed by atoms with van der Waals surface area (Å²) in [6.45, 7) is 10.1. The first kappa shape index (κ1) is 22.0. The number of hydrogen-bond donors (Lipinski definition) is 1. The minimum atomic E-state index is -1.34. The molecule has 0 bridgehead atoms. The third kappa shape index (κ3) is 8.72. The Labute approximate surface area is 159 Å². The second kappa shape index (κ2) is 9.03. The van der Waals surface area contributed by atoms with Crippen LogP contribution in [0, 0.1) is 11.3 Å². The lowest BCUT2D eigenvalue weighted by molar-refractivity contribution is -0.00347. The maximum absolute atomic E-state index is 12.5. The Morgan fingerprint density at radius 2 is 1.67 bits per heavy atom. The Kier molecular flexibility index (Phi) is 7.35.